The highest BCUT2D eigenvalue weighted by Gasteiger charge is 2.16. The Hall–Kier alpha value is -3.00. The van der Waals surface area contributed by atoms with Gasteiger partial charge in [0, 0.05) is 6.54 Å². The average Bonchev–Trinajstić information content (AvgIpc) is 3.34. The molecule has 0 bridgehead atoms. The summed E-state index contributed by atoms with van der Waals surface area (Å²) in [7, 11) is 0. The molecule has 0 unspecified atom stereocenters. The first-order valence-corrected chi connectivity index (χ1v) is 9.83. The first-order chi connectivity index (χ1) is 13.7. The van der Waals surface area contributed by atoms with Gasteiger partial charge in [0.25, 0.3) is 0 Å². The number of amides is 1. The summed E-state index contributed by atoms with van der Waals surface area (Å²) in [6.45, 7) is 7.15. The van der Waals surface area contributed by atoms with Gasteiger partial charge in [-0.1, -0.05) is 30.0 Å². The van der Waals surface area contributed by atoms with Crippen LogP contribution in [-0.4, -0.2) is 39.6 Å². The molecule has 1 aromatic carbocycles. The topological polar surface area (TPSA) is 82.2 Å². The molecule has 0 fully saturated rings. The monoisotopic (exact) mass is 398 g/mol. The number of allylic oxidation sites excluding steroid dienone is 1. The smallest absolute Gasteiger partial charge is 0.230 e. The van der Waals surface area contributed by atoms with E-state index >= 15 is 0 Å². The molecule has 0 aliphatic carbocycles. The third-order valence-electron chi connectivity index (χ3n) is 3.78. The third-order valence-corrected chi connectivity index (χ3v) is 4.75. The Kier molecular flexibility index (Phi) is 6.91. The highest BCUT2D eigenvalue weighted by molar-refractivity contribution is 7.99. The molecule has 0 spiro atoms. The molecule has 2 aromatic heterocycles. The molecule has 7 nitrogen and oxygen atoms in total. The molecule has 146 valence electrons. The lowest BCUT2D eigenvalue weighted by molar-refractivity contribution is -0.118. The number of aromatic nitrogens is 3. The minimum absolute atomic E-state index is 0.0921. The van der Waals surface area contributed by atoms with Gasteiger partial charge in [-0.2, -0.15) is 0 Å². The molecule has 0 aliphatic rings. The summed E-state index contributed by atoms with van der Waals surface area (Å²) in [5.74, 6) is 2.17. The van der Waals surface area contributed by atoms with Gasteiger partial charge in [0.1, 0.15) is 12.4 Å². The fraction of sp³-hybridized carbons (Fsp3) is 0.250. The minimum Gasteiger partial charge on any atom is -0.492 e. The van der Waals surface area contributed by atoms with Crippen LogP contribution in [0, 0.1) is 6.92 Å². The first kappa shape index (κ1) is 19.8. The maximum Gasteiger partial charge on any atom is 0.230 e. The Morgan fingerprint density at radius 3 is 3.00 bits per heavy atom. The number of carbonyl (C=O) groups is 1. The fourth-order valence-electron chi connectivity index (χ4n) is 2.52. The van der Waals surface area contributed by atoms with E-state index in [1.807, 2.05) is 41.8 Å². The lowest BCUT2D eigenvalue weighted by Crippen LogP contribution is -2.29. The molecular weight excluding hydrogens is 376 g/mol. The van der Waals surface area contributed by atoms with Crippen molar-refractivity contribution < 1.29 is 13.9 Å². The van der Waals surface area contributed by atoms with Crippen LogP contribution in [0.4, 0.5) is 0 Å². The largest absolute Gasteiger partial charge is 0.492 e. The Labute approximate surface area is 167 Å². The van der Waals surface area contributed by atoms with E-state index in [1.165, 1.54) is 11.8 Å². The van der Waals surface area contributed by atoms with Crippen LogP contribution in [0.15, 0.2) is 64.9 Å². The Morgan fingerprint density at radius 2 is 2.25 bits per heavy atom. The molecule has 0 atom stereocenters. The second-order valence-electron chi connectivity index (χ2n) is 5.99. The zero-order chi connectivity index (χ0) is 19.8. The van der Waals surface area contributed by atoms with Crippen molar-refractivity contribution in [2.24, 2.45) is 0 Å². The maximum absolute atomic E-state index is 12.1. The van der Waals surface area contributed by atoms with Gasteiger partial charge in [-0.05, 0) is 36.8 Å². The molecule has 0 aliphatic heterocycles. The summed E-state index contributed by atoms with van der Waals surface area (Å²) < 4.78 is 12.9. The number of thioether (sulfide) groups is 1. The normalized spacial score (nSPS) is 10.6. The van der Waals surface area contributed by atoms with Crippen molar-refractivity contribution in [1.82, 2.24) is 20.1 Å². The second-order valence-corrected chi connectivity index (χ2v) is 6.93. The van der Waals surface area contributed by atoms with Gasteiger partial charge in [0.15, 0.2) is 10.9 Å². The van der Waals surface area contributed by atoms with Crippen LogP contribution in [0.1, 0.15) is 5.56 Å². The zero-order valence-corrected chi connectivity index (χ0v) is 16.4. The van der Waals surface area contributed by atoms with Crippen LogP contribution in [0.2, 0.25) is 0 Å². The van der Waals surface area contributed by atoms with E-state index in [0.717, 1.165) is 11.3 Å². The number of aryl methyl sites for hydroxylation is 1. The van der Waals surface area contributed by atoms with Crippen molar-refractivity contribution in [3.63, 3.8) is 0 Å². The molecule has 28 heavy (non-hydrogen) atoms. The molecule has 3 aromatic rings. The van der Waals surface area contributed by atoms with Crippen LogP contribution in [0.3, 0.4) is 0 Å². The van der Waals surface area contributed by atoms with Crippen molar-refractivity contribution >= 4 is 17.7 Å². The molecule has 2 heterocycles. The van der Waals surface area contributed by atoms with E-state index in [9.17, 15) is 4.79 Å². The van der Waals surface area contributed by atoms with Crippen LogP contribution in [0.5, 0.6) is 5.75 Å². The van der Waals surface area contributed by atoms with Crippen LogP contribution >= 0.6 is 11.8 Å². The molecule has 0 saturated heterocycles. The van der Waals surface area contributed by atoms with Crippen molar-refractivity contribution in [2.75, 3.05) is 18.9 Å². The molecule has 0 radical (unpaired) electrons. The molecule has 3 rings (SSSR count). The predicted molar refractivity (Wildman–Crippen MR) is 108 cm³/mol. The van der Waals surface area contributed by atoms with Crippen LogP contribution in [-0.2, 0) is 11.3 Å². The highest BCUT2D eigenvalue weighted by atomic mass is 32.2. The number of ether oxygens (including phenoxy) is 1. The number of benzene rings is 1. The Morgan fingerprint density at radius 1 is 1.36 bits per heavy atom. The summed E-state index contributed by atoms with van der Waals surface area (Å²) in [4.78, 5) is 12.1. The van der Waals surface area contributed by atoms with E-state index in [-0.39, 0.29) is 11.7 Å². The van der Waals surface area contributed by atoms with Gasteiger partial charge in [-0.15, -0.1) is 16.8 Å². The molecule has 1 amide bonds. The number of rotatable bonds is 10. The Bertz CT molecular complexity index is 921. The average molecular weight is 398 g/mol. The van der Waals surface area contributed by atoms with E-state index < -0.39 is 0 Å². The maximum atomic E-state index is 12.1. The van der Waals surface area contributed by atoms with Gasteiger partial charge in [-0.25, -0.2) is 0 Å². The Balaban J connectivity index is 1.47. The number of hydrogen-bond donors (Lipinski definition) is 1. The lowest BCUT2D eigenvalue weighted by atomic mass is 10.2. The summed E-state index contributed by atoms with van der Waals surface area (Å²) >= 11 is 1.32. The molecule has 0 saturated carbocycles. The number of hydrogen-bond acceptors (Lipinski definition) is 6. The van der Waals surface area contributed by atoms with Crippen molar-refractivity contribution in [3.8, 4) is 17.3 Å². The molecule has 8 heteroatoms. The number of furan rings is 1. The summed E-state index contributed by atoms with van der Waals surface area (Å²) in [6.07, 6.45) is 3.34. The number of nitrogens with zero attached hydrogens (tertiary/aromatic N) is 3. The third kappa shape index (κ3) is 5.26. The summed E-state index contributed by atoms with van der Waals surface area (Å²) in [5.41, 5.74) is 1.13. The van der Waals surface area contributed by atoms with Crippen molar-refractivity contribution in [2.45, 2.75) is 18.6 Å². The number of nitrogens with one attached hydrogen (secondary N) is 1. The quantitative estimate of drug-likeness (QED) is 0.320. The number of carbonyl (C=O) groups excluding carboxylic acids is 1. The predicted octanol–water partition coefficient (Wildman–Crippen LogP) is 3.32. The van der Waals surface area contributed by atoms with Gasteiger partial charge < -0.3 is 14.5 Å². The van der Waals surface area contributed by atoms with Crippen molar-refractivity contribution in [1.29, 1.82) is 0 Å². The SMILES string of the molecule is C=CCn1c(SCC(=O)NCCOc2cccc(C)c2)nnc1-c1ccco1. The van der Waals surface area contributed by atoms with E-state index in [4.69, 9.17) is 9.15 Å². The van der Waals surface area contributed by atoms with E-state index in [2.05, 4.69) is 22.1 Å². The lowest BCUT2D eigenvalue weighted by Gasteiger charge is -2.09. The first-order valence-electron chi connectivity index (χ1n) is 8.84. The van der Waals surface area contributed by atoms with Gasteiger partial charge in [0.2, 0.25) is 11.7 Å². The minimum atomic E-state index is -0.0921. The van der Waals surface area contributed by atoms with Crippen LogP contribution < -0.4 is 10.1 Å². The van der Waals surface area contributed by atoms with Gasteiger partial charge in [-0.3, -0.25) is 9.36 Å². The highest BCUT2D eigenvalue weighted by Crippen LogP contribution is 2.24. The molecule has 1 N–H and O–H groups in total. The van der Waals surface area contributed by atoms with Gasteiger partial charge >= 0.3 is 0 Å². The molecular formula is C20H22N4O3S. The zero-order valence-electron chi connectivity index (χ0n) is 15.6. The standard InChI is InChI=1S/C20H22N4O3S/c1-3-10-24-19(17-8-5-11-27-17)22-23-20(24)28-14-18(25)21-9-12-26-16-7-4-6-15(2)13-16/h3-8,11,13H,1,9-10,12,14H2,2H3,(H,21,25). The van der Waals surface area contributed by atoms with Crippen molar-refractivity contribution in [3.05, 3.63) is 60.9 Å². The fourth-order valence-corrected chi connectivity index (χ4v) is 3.30. The second kappa shape index (κ2) is 9.80. The summed E-state index contributed by atoms with van der Waals surface area (Å²) in [5, 5.41) is 11.8. The van der Waals surface area contributed by atoms with Gasteiger partial charge in [0.05, 0.1) is 18.6 Å². The van der Waals surface area contributed by atoms with E-state index in [1.54, 1.807) is 18.4 Å². The summed E-state index contributed by atoms with van der Waals surface area (Å²) in [6, 6.07) is 11.4. The van der Waals surface area contributed by atoms with E-state index in [0.29, 0.717) is 36.4 Å². The van der Waals surface area contributed by atoms with Crippen LogP contribution in [0.25, 0.3) is 11.6 Å².